The van der Waals surface area contributed by atoms with Gasteiger partial charge in [-0.1, -0.05) is 30.3 Å². The van der Waals surface area contributed by atoms with E-state index in [4.69, 9.17) is 13.9 Å². The van der Waals surface area contributed by atoms with E-state index in [-0.39, 0.29) is 6.29 Å². The lowest BCUT2D eigenvalue weighted by Gasteiger charge is -2.03. The van der Waals surface area contributed by atoms with Gasteiger partial charge in [0.15, 0.2) is 6.29 Å². The van der Waals surface area contributed by atoms with E-state index in [2.05, 4.69) is 0 Å². The van der Waals surface area contributed by atoms with Gasteiger partial charge in [-0.3, -0.25) is 0 Å². The van der Waals surface area contributed by atoms with Crippen LogP contribution < -0.4 is 0 Å². The zero-order valence-electron chi connectivity index (χ0n) is 8.76. The normalized spacial score (nSPS) is 16.8. The maximum absolute atomic E-state index is 5.50. The van der Waals surface area contributed by atoms with Gasteiger partial charge in [0.2, 0.25) is 0 Å². The minimum atomic E-state index is -0.263. The first kappa shape index (κ1) is 9.63. The lowest BCUT2D eigenvalue weighted by Crippen LogP contribution is -1.94. The van der Waals surface area contributed by atoms with E-state index in [1.165, 1.54) is 0 Å². The first-order valence-corrected chi connectivity index (χ1v) is 5.30. The largest absolute Gasteiger partial charge is 0.464 e. The smallest absolute Gasteiger partial charge is 0.187 e. The van der Waals surface area contributed by atoms with Crippen LogP contribution in [-0.4, -0.2) is 13.2 Å². The Bertz CT molecular complexity index is 455. The van der Waals surface area contributed by atoms with Gasteiger partial charge in [0.25, 0.3) is 0 Å². The Morgan fingerprint density at radius 2 is 1.75 bits per heavy atom. The SMILES string of the molecule is c1ccc(-c2cc(C3OCCO3)co2)cc1. The molecule has 1 fully saturated rings. The Hall–Kier alpha value is -1.58. The summed E-state index contributed by atoms with van der Waals surface area (Å²) in [6.45, 7) is 1.30. The van der Waals surface area contributed by atoms with Crippen LogP contribution in [0.4, 0.5) is 0 Å². The molecular weight excluding hydrogens is 204 g/mol. The topological polar surface area (TPSA) is 31.6 Å². The number of benzene rings is 1. The van der Waals surface area contributed by atoms with Gasteiger partial charge in [-0.05, 0) is 6.07 Å². The summed E-state index contributed by atoms with van der Waals surface area (Å²) >= 11 is 0. The molecule has 0 aliphatic carbocycles. The first-order valence-electron chi connectivity index (χ1n) is 5.30. The molecule has 2 heterocycles. The maximum atomic E-state index is 5.50. The molecule has 1 aliphatic rings. The molecule has 0 radical (unpaired) electrons. The van der Waals surface area contributed by atoms with Gasteiger partial charge in [-0.2, -0.15) is 0 Å². The highest BCUT2D eigenvalue weighted by Gasteiger charge is 2.20. The molecule has 3 nitrogen and oxygen atoms in total. The van der Waals surface area contributed by atoms with E-state index in [0.717, 1.165) is 16.9 Å². The maximum Gasteiger partial charge on any atom is 0.187 e. The van der Waals surface area contributed by atoms with Crippen molar-refractivity contribution in [3.05, 3.63) is 48.2 Å². The second-order valence-electron chi connectivity index (χ2n) is 3.68. The van der Waals surface area contributed by atoms with Gasteiger partial charge in [-0.15, -0.1) is 0 Å². The summed E-state index contributed by atoms with van der Waals surface area (Å²) in [5, 5.41) is 0. The molecule has 0 unspecified atom stereocenters. The quantitative estimate of drug-likeness (QED) is 0.773. The molecule has 16 heavy (non-hydrogen) atoms. The molecule has 2 aromatic rings. The minimum Gasteiger partial charge on any atom is -0.464 e. The number of rotatable bonds is 2. The third-order valence-electron chi connectivity index (χ3n) is 2.57. The van der Waals surface area contributed by atoms with Gasteiger partial charge in [0.05, 0.1) is 19.5 Å². The average Bonchev–Trinajstić information content (AvgIpc) is 3.01. The highest BCUT2D eigenvalue weighted by molar-refractivity contribution is 5.57. The van der Waals surface area contributed by atoms with Crippen LogP contribution >= 0.6 is 0 Å². The second-order valence-corrected chi connectivity index (χ2v) is 3.68. The molecule has 1 aromatic carbocycles. The van der Waals surface area contributed by atoms with Crippen molar-refractivity contribution in [1.82, 2.24) is 0 Å². The molecule has 82 valence electrons. The second kappa shape index (κ2) is 4.12. The van der Waals surface area contributed by atoms with Gasteiger partial charge >= 0.3 is 0 Å². The summed E-state index contributed by atoms with van der Waals surface area (Å²) in [5.41, 5.74) is 2.00. The van der Waals surface area contributed by atoms with Crippen molar-refractivity contribution < 1.29 is 13.9 Å². The van der Waals surface area contributed by atoms with Crippen LogP contribution in [0.15, 0.2) is 47.1 Å². The van der Waals surface area contributed by atoms with Crippen LogP contribution in [0, 0.1) is 0 Å². The summed E-state index contributed by atoms with van der Waals surface area (Å²) in [6, 6.07) is 11.9. The first-order chi connectivity index (χ1) is 7.93. The van der Waals surface area contributed by atoms with E-state index >= 15 is 0 Å². The van der Waals surface area contributed by atoms with E-state index in [0.29, 0.717) is 13.2 Å². The number of hydrogen-bond acceptors (Lipinski definition) is 3. The fraction of sp³-hybridized carbons (Fsp3) is 0.231. The lowest BCUT2D eigenvalue weighted by molar-refractivity contribution is -0.0444. The van der Waals surface area contributed by atoms with Crippen molar-refractivity contribution >= 4 is 0 Å². The van der Waals surface area contributed by atoms with E-state index < -0.39 is 0 Å². The van der Waals surface area contributed by atoms with Crippen LogP contribution in [-0.2, 0) is 9.47 Å². The molecule has 1 saturated heterocycles. The third kappa shape index (κ3) is 1.75. The number of hydrogen-bond donors (Lipinski definition) is 0. The summed E-state index contributed by atoms with van der Waals surface area (Å²) in [7, 11) is 0. The standard InChI is InChI=1S/C13H12O3/c1-2-4-10(5-3-1)12-8-11(9-16-12)13-14-6-7-15-13/h1-5,8-9,13H,6-7H2. The van der Waals surface area contributed by atoms with Crippen molar-refractivity contribution in [1.29, 1.82) is 0 Å². The summed E-state index contributed by atoms with van der Waals surface area (Å²) < 4.78 is 16.3. The zero-order chi connectivity index (χ0) is 10.8. The van der Waals surface area contributed by atoms with Crippen molar-refractivity contribution in [2.75, 3.05) is 13.2 Å². The Labute approximate surface area is 93.6 Å². The monoisotopic (exact) mass is 216 g/mol. The van der Waals surface area contributed by atoms with Crippen LogP contribution in [0.1, 0.15) is 11.9 Å². The van der Waals surface area contributed by atoms with Crippen molar-refractivity contribution in [2.24, 2.45) is 0 Å². The molecule has 3 rings (SSSR count). The lowest BCUT2D eigenvalue weighted by atomic mass is 10.1. The molecule has 3 heteroatoms. The van der Waals surface area contributed by atoms with E-state index in [9.17, 15) is 0 Å². The molecule has 0 atom stereocenters. The van der Waals surface area contributed by atoms with Crippen molar-refractivity contribution in [3.8, 4) is 11.3 Å². The average molecular weight is 216 g/mol. The fourth-order valence-corrected chi connectivity index (χ4v) is 1.78. The predicted octanol–water partition coefficient (Wildman–Crippen LogP) is 2.99. The Morgan fingerprint density at radius 1 is 1.00 bits per heavy atom. The van der Waals surface area contributed by atoms with Gasteiger partial charge in [-0.25, -0.2) is 0 Å². The highest BCUT2D eigenvalue weighted by Crippen LogP contribution is 2.29. The van der Waals surface area contributed by atoms with Gasteiger partial charge in [0, 0.05) is 11.1 Å². The molecule has 1 aromatic heterocycles. The Kier molecular flexibility index (Phi) is 2.48. The Morgan fingerprint density at radius 3 is 2.50 bits per heavy atom. The zero-order valence-corrected chi connectivity index (χ0v) is 8.76. The third-order valence-corrected chi connectivity index (χ3v) is 2.57. The molecule has 0 amide bonds. The number of furan rings is 1. The molecule has 0 saturated carbocycles. The van der Waals surface area contributed by atoms with Gasteiger partial charge < -0.3 is 13.9 Å². The molecule has 0 bridgehead atoms. The van der Waals surface area contributed by atoms with Crippen LogP contribution in [0.5, 0.6) is 0 Å². The molecular formula is C13H12O3. The summed E-state index contributed by atoms with van der Waals surface area (Å²) in [5.74, 6) is 0.842. The summed E-state index contributed by atoms with van der Waals surface area (Å²) in [4.78, 5) is 0. The van der Waals surface area contributed by atoms with E-state index in [1.54, 1.807) is 6.26 Å². The minimum absolute atomic E-state index is 0.263. The molecule has 0 spiro atoms. The highest BCUT2D eigenvalue weighted by atomic mass is 16.7. The van der Waals surface area contributed by atoms with Crippen molar-refractivity contribution in [3.63, 3.8) is 0 Å². The van der Waals surface area contributed by atoms with E-state index in [1.807, 2.05) is 36.4 Å². The number of ether oxygens (including phenoxy) is 2. The van der Waals surface area contributed by atoms with Gasteiger partial charge in [0.1, 0.15) is 5.76 Å². The molecule has 0 N–H and O–H groups in total. The van der Waals surface area contributed by atoms with Crippen molar-refractivity contribution in [2.45, 2.75) is 6.29 Å². The van der Waals surface area contributed by atoms with Crippen LogP contribution in [0.2, 0.25) is 0 Å². The summed E-state index contributed by atoms with van der Waals surface area (Å²) in [6.07, 6.45) is 1.43. The Balaban J connectivity index is 1.87. The molecule has 1 aliphatic heterocycles. The van der Waals surface area contributed by atoms with Crippen LogP contribution in [0.3, 0.4) is 0 Å². The predicted molar refractivity (Wildman–Crippen MR) is 58.8 cm³/mol. The van der Waals surface area contributed by atoms with Crippen LogP contribution in [0.25, 0.3) is 11.3 Å². The fourth-order valence-electron chi connectivity index (χ4n) is 1.78.